The first-order valence-electron chi connectivity index (χ1n) is 9.95. The maximum atomic E-state index is 11.3. The van der Waals surface area contributed by atoms with Crippen LogP contribution in [0.3, 0.4) is 0 Å². The SMILES string of the molecule is C#C[C@]1(O)[C@@H](C)CC2C3C(CC[C@@]21C)[C@@]1(C)CC[C@H](O)CC1=C[C@@H]3O. The zero-order chi connectivity index (χ0) is 18.2. The maximum Gasteiger partial charge on any atom is 0.133 e. The Morgan fingerprint density at radius 2 is 1.88 bits per heavy atom. The van der Waals surface area contributed by atoms with E-state index in [2.05, 4.69) is 26.7 Å². The fourth-order valence-electron chi connectivity index (χ4n) is 7.28. The lowest BCUT2D eigenvalue weighted by atomic mass is 9.46. The van der Waals surface area contributed by atoms with Gasteiger partial charge in [-0.3, -0.25) is 0 Å². The molecule has 138 valence electrons. The van der Waals surface area contributed by atoms with Crippen molar-refractivity contribution in [1.29, 1.82) is 0 Å². The molecule has 3 heteroatoms. The minimum Gasteiger partial charge on any atom is -0.393 e. The van der Waals surface area contributed by atoms with Crippen molar-refractivity contribution in [2.24, 2.45) is 34.5 Å². The van der Waals surface area contributed by atoms with Gasteiger partial charge in [-0.2, -0.15) is 0 Å². The number of hydrogen-bond donors (Lipinski definition) is 3. The van der Waals surface area contributed by atoms with Crippen LogP contribution in [0.4, 0.5) is 0 Å². The third kappa shape index (κ3) is 2.05. The predicted octanol–water partition coefficient (Wildman–Crippen LogP) is 2.89. The van der Waals surface area contributed by atoms with E-state index < -0.39 is 11.7 Å². The quantitative estimate of drug-likeness (QED) is 0.468. The van der Waals surface area contributed by atoms with Gasteiger partial charge >= 0.3 is 0 Å². The molecule has 0 aromatic rings. The smallest absolute Gasteiger partial charge is 0.133 e. The largest absolute Gasteiger partial charge is 0.393 e. The summed E-state index contributed by atoms with van der Waals surface area (Å²) in [5.74, 6) is 3.62. The third-order valence-electron chi connectivity index (χ3n) is 8.90. The topological polar surface area (TPSA) is 60.7 Å². The average molecular weight is 344 g/mol. The highest BCUT2D eigenvalue weighted by Gasteiger charge is 2.67. The van der Waals surface area contributed by atoms with E-state index in [0.29, 0.717) is 12.3 Å². The fraction of sp³-hybridized carbons (Fsp3) is 0.818. The first-order valence-corrected chi connectivity index (χ1v) is 9.95. The van der Waals surface area contributed by atoms with Gasteiger partial charge < -0.3 is 15.3 Å². The molecule has 0 aliphatic heterocycles. The first kappa shape index (κ1) is 17.6. The molecule has 4 aliphatic rings. The summed E-state index contributed by atoms with van der Waals surface area (Å²) < 4.78 is 0. The number of aliphatic hydroxyl groups excluding tert-OH is 2. The Morgan fingerprint density at radius 1 is 1.16 bits per heavy atom. The molecule has 0 amide bonds. The zero-order valence-electron chi connectivity index (χ0n) is 15.7. The lowest BCUT2D eigenvalue weighted by Gasteiger charge is -2.59. The van der Waals surface area contributed by atoms with Gasteiger partial charge in [-0.05, 0) is 67.6 Å². The lowest BCUT2D eigenvalue weighted by molar-refractivity contribution is -0.127. The molecule has 0 aromatic heterocycles. The molecule has 0 aromatic carbocycles. The van der Waals surface area contributed by atoms with Gasteiger partial charge in [0.15, 0.2) is 0 Å². The van der Waals surface area contributed by atoms with Gasteiger partial charge in [0.25, 0.3) is 0 Å². The molecule has 4 aliphatic carbocycles. The van der Waals surface area contributed by atoms with E-state index in [-0.39, 0.29) is 34.7 Å². The van der Waals surface area contributed by atoms with Crippen LogP contribution in [-0.2, 0) is 0 Å². The van der Waals surface area contributed by atoms with E-state index in [9.17, 15) is 15.3 Å². The van der Waals surface area contributed by atoms with Crippen LogP contribution in [0, 0.1) is 46.8 Å². The molecule has 3 saturated carbocycles. The lowest BCUT2D eigenvalue weighted by Crippen LogP contribution is -2.57. The summed E-state index contributed by atoms with van der Waals surface area (Å²) in [6, 6.07) is 0. The summed E-state index contributed by atoms with van der Waals surface area (Å²) in [4.78, 5) is 0. The van der Waals surface area contributed by atoms with E-state index >= 15 is 0 Å². The Labute approximate surface area is 151 Å². The van der Waals surface area contributed by atoms with Gasteiger partial charge in [-0.15, -0.1) is 6.42 Å². The highest BCUT2D eigenvalue weighted by Crippen LogP contribution is 2.68. The molecule has 9 atom stereocenters. The second-order valence-corrected chi connectivity index (χ2v) is 9.79. The molecule has 4 rings (SSSR count). The number of aliphatic hydroxyl groups is 3. The van der Waals surface area contributed by atoms with Crippen molar-refractivity contribution in [1.82, 2.24) is 0 Å². The molecule has 0 heterocycles. The molecule has 3 fully saturated rings. The highest BCUT2D eigenvalue weighted by molar-refractivity contribution is 5.31. The van der Waals surface area contributed by atoms with Crippen molar-refractivity contribution in [3.63, 3.8) is 0 Å². The van der Waals surface area contributed by atoms with E-state index in [1.807, 2.05) is 6.08 Å². The van der Waals surface area contributed by atoms with Crippen LogP contribution in [-0.4, -0.2) is 33.1 Å². The molecule has 3 N–H and O–H groups in total. The van der Waals surface area contributed by atoms with Crippen molar-refractivity contribution in [2.45, 2.75) is 77.1 Å². The molecule has 0 saturated heterocycles. The monoisotopic (exact) mass is 344 g/mol. The highest BCUT2D eigenvalue weighted by atomic mass is 16.3. The van der Waals surface area contributed by atoms with Crippen LogP contribution in [0.15, 0.2) is 11.6 Å². The van der Waals surface area contributed by atoms with Gasteiger partial charge in [0.2, 0.25) is 0 Å². The van der Waals surface area contributed by atoms with E-state index in [4.69, 9.17) is 6.42 Å². The molecule has 3 nitrogen and oxygen atoms in total. The fourth-order valence-corrected chi connectivity index (χ4v) is 7.28. The van der Waals surface area contributed by atoms with Gasteiger partial charge in [0, 0.05) is 5.41 Å². The van der Waals surface area contributed by atoms with Crippen molar-refractivity contribution < 1.29 is 15.3 Å². The number of hydrogen-bond acceptors (Lipinski definition) is 3. The summed E-state index contributed by atoms with van der Waals surface area (Å²) in [5, 5.41) is 32.4. The summed E-state index contributed by atoms with van der Waals surface area (Å²) in [7, 11) is 0. The van der Waals surface area contributed by atoms with Crippen LogP contribution < -0.4 is 0 Å². The molecule has 0 radical (unpaired) electrons. The van der Waals surface area contributed by atoms with Crippen LogP contribution >= 0.6 is 0 Å². The minimum absolute atomic E-state index is 0.0600. The minimum atomic E-state index is -1.07. The normalized spacial score (nSPS) is 57.7. The third-order valence-corrected chi connectivity index (χ3v) is 8.90. The summed E-state index contributed by atoms with van der Waals surface area (Å²) in [6.45, 7) is 6.55. The summed E-state index contributed by atoms with van der Waals surface area (Å²) in [5.41, 5.74) is -0.0680. The molecule has 25 heavy (non-hydrogen) atoms. The maximum absolute atomic E-state index is 11.3. The standard InChI is InChI=1S/C22H32O3/c1-5-22(25)13(2)10-17-19-16(7-9-21(17,22)4)20(3)8-6-15(23)11-14(20)12-18(19)24/h1,12-13,15-19,23-25H,6-11H2,2-4H3/t13-,15-,16?,17?,18-,19?,20-,21-,22-/m0/s1. The van der Waals surface area contributed by atoms with Crippen LogP contribution in [0.25, 0.3) is 0 Å². The van der Waals surface area contributed by atoms with Crippen molar-refractivity contribution in [3.05, 3.63) is 11.6 Å². The van der Waals surface area contributed by atoms with Gasteiger partial charge in [-0.25, -0.2) is 0 Å². The van der Waals surface area contributed by atoms with E-state index in [0.717, 1.165) is 32.1 Å². The number of fused-ring (bicyclic) bond motifs is 5. The Balaban J connectivity index is 1.77. The Morgan fingerprint density at radius 3 is 2.56 bits per heavy atom. The van der Waals surface area contributed by atoms with Crippen molar-refractivity contribution in [2.75, 3.05) is 0 Å². The molecular weight excluding hydrogens is 312 g/mol. The molecule has 0 spiro atoms. The Kier molecular flexibility index (Phi) is 3.76. The van der Waals surface area contributed by atoms with Crippen molar-refractivity contribution >= 4 is 0 Å². The van der Waals surface area contributed by atoms with Crippen LogP contribution in [0.2, 0.25) is 0 Å². The Bertz CT molecular complexity index is 648. The van der Waals surface area contributed by atoms with Crippen LogP contribution in [0.5, 0.6) is 0 Å². The van der Waals surface area contributed by atoms with E-state index in [1.165, 1.54) is 5.57 Å². The molecule has 3 unspecified atom stereocenters. The van der Waals surface area contributed by atoms with E-state index in [1.54, 1.807) is 0 Å². The number of rotatable bonds is 0. The Hall–Kier alpha value is -0.820. The van der Waals surface area contributed by atoms with Gasteiger partial charge in [0.1, 0.15) is 5.60 Å². The second-order valence-electron chi connectivity index (χ2n) is 9.79. The predicted molar refractivity (Wildman–Crippen MR) is 97.4 cm³/mol. The van der Waals surface area contributed by atoms with Gasteiger partial charge in [-0.1, -0.05) is 38.3 Å². The summed E-state index contributed by atoms with van der Waals surface area (Å²) in [6.07, 6.45) is 12.4. The average Bonchev–Trinajstić information content (AvgIpc) is 2.77. The van der Waals surface area contributed by atoms with Crippen LogP contribution in [0.1, 0.15) is 59.3 Å². The zero-order valence-corrected chi connectivity index (χ0v) is 15.7. The van der Waals surface area contributed by atoms with Gasteiger partial charge in [0.05, 0.1) is 12.2 Å². The molecular formula is C22H32O3. The first-order chi connectivity index (χ1) is 11.7. The second kappa shape index (κ2) is 5.35. The molecule has 0 bridgehead atoms. The number of terminal acetylenes is 1. The summed E-state index contributed by atoms with van der Waals surface area (Å²) >= 11 is 0. The van der Waals surface area contributed by atoms with Crippen molar-refractivity contribution in [3.8, 4) is 12.3 Å².